The van der Waals surface area contributed by atoms with Crippen molar-refractivity contribution in [2.45, 2.75) is 25.4 Å². The average Bonchev–Trinajstić information content (AvgIpc) is 3.68. The summed E-state index contributed by atoms with van der Waals surface area (Å²) in [4.78, 5) is 28.4. The fourth-order valence-corrected chi connectivity index (χ4v) is 6.18. The number of anilines is 5. The van der Waals surface area contributed by atoms with Crippen LogP contribution < -0.4 is 20.9 Å². The van der Waals surface area contributed by atoms with Crippen LogP contribution in [0, 0.1) is 0 Å². The van der Waals surface area contributed by atoms with Gasteiger partial charge in [-0.25, -0.2) is 0 Å². The number of hydrogen-bond acceptors (Lipinski definition) is 6. The molecule has 1 amide bonds. The van der Waals surface area contributed by atoms with Crippen molar-refractivity contribution >= 4 is 62.1 Å². The highest BCUT2D eigenvalue weighted by Crippen LogP contribution is 2.29. The summed E-state index contributed by atoms with van der Waals surface area (Å²) >= 11 is 0. The zero-order valence-corrected chi connectivity index (χ0v) is 25.7. The van der Waals surface area contributed by atoms with E-state index in [1.165, 1.54) is 5.69 Å². The van der Waals surface area contributed by atoms with Gasteiger partial charge in [0.1, 0.15) is 6.54 Å². The number of piperidine rings is 1. The first kappa shape index (κ1) is 29.9. The molecular weight excluding hydrogens is 592 g/mol. The Balaban J connectivity index is 1.01. The van der Waals surface area contributed by atoms with Crippen LogP contribution in [-0.2, 0) is 16.0 Å². The number of carbonyl (C=O) groups is 2. The number of hydrogen-bond donors (Lipinski definition) is 6. The Kier molecular flexibility index (Phi) is 8.24. The number of aliphatic hydroxyl groups is 1. The quantitative estimate of drug-likeness (QED) is 0.105. The highest BCUT2D eigenvalue weighted by Gasteiger charge is 2.17. The van der Waals surface area contributed by atoms with Crippen molar-refractivity contribution in [2.75, 3.05) is 35.2 Å². The van der Waals surface area contributed by atoms with Gasteiger partial charge in [0.05, 0.1) is 18.0 Å². The van der Waals surface area contributed by atoms with Crippen molar-refractivity contribution in [1.29, 1.82) is 0 Å². The van der Waals surface area contributed by atoms with Crippen molar-refractivity contribution in [3.63, 3.8) is 0 Å². The maximum atomic E-state index is 12.2. The van der Waals surface area contributed by atoms with Crippen molar-refractivity contribution in [1.82, 2.24) is 14.9 Å². The van der Waals surface area contributed by atoms with Crippen LogP contribution in [0.4, 0.5) is 28.4 Å². The first-order chi connectivity index (χ1) is 22.9. The number of benzene rings is 4. The van der Waals surface area contributed by atoms with Crippen LogP contribution in [0.3, 0.4) is 0 Å². The number of aromatic nitrogens is 2. The second kappa shape index (κ2) is 12.9. The Bertz CT molecular complexity index is 2040. The van der Waals surface area contributed by atoms with Crippen LogP contribution in [0.15, 0.2) is 103 Å². The Hall–Kier alpha value is -5.74. The van der Waals surface area contributed by atoms with E-state index in [1.807, 2.05) is 30.3 Å². The van der Waals surface area contributed by atoms with Crippen molar-refractivity contribution < 1.29 is 19.8 Å². The van der Waals surface area contributed by atoms with Gasteiger partial charge in [0, 0.05) is 75.9 Å². The zero-order chi connectivity index (χ0) is 32.3. The molecule has 1 fully saturated rings. The predicted octanol–water partition coefficient (Wildman–Crippen LogP) is 6.30. The number of aromatic amines is 1. The van der Waals surface area contributed by atoms with E-state index in [2.05, 4.69) is 97.3 Å². The van der Waals surface area contributed by atoms with E-state index in [1.54, 1.807) is 6.20 Å². The van der Waals surface area contributed by atoms with Gasteiger partial charge in [-0.1, -0.05) is 0 Å². The lowest BCUT2D eigenvalue weighted by molar-refractivity contribution is -0.137. The lowest BCUT2D eigenvalue weighted by atomic mass is 10.1. The first-order valence-electron chi connectivity index (χ1n) is 15.8. The third-order valence-electron chi connectivity index (χ3n) is 8.67. The molecule has 6 N–H and O–H groups in total. The predicted molar refractivity (Wildman–Crippen MR) is 186 cm³/mol. The third kappa shape index (κ3) is 6.78. The Labute approximate surface area is 271 Å². The van der Waals surface area contributed by atoms with Gasteiger partial charge in [0.25, 0.3) is 0 Å². The third-order valence-corrected chi connectivity index (χ3v) is 8.67. The Morgan fingerprint density at radius 1 is 0.787 bits per heavy atom. The molecule has 6 aromatic rings. The molecule has 3 heterocycles. The molecule has 1 aliphatic rings. The largest absolute Gasteiger partial charge is 0.480 e. The topological polar surface area (TPSA) is 135 Å². The van der Waals surface area contributed by atoms with Crippen molar-refractivity contribution in [3.8, 4) is 5.69 Å². The summed E-state index contributed by atoms with van der Waals surface area (Å²) in [6.07, 6.45) is 5.41. The molecule has 2 aromatic heterocycles. The Morgan fingerprint density at radius 2 is 1.43 bits per heavy atom. The number of aliphatic hydroxyl groups excluding tert-OH is 1. The normalized spacial score (nSPS) is 13.6. The molecule has 0 aliphatic carbocycles. The lowest BCUT2D eigenvalue weighted by Gasteiger charge is -2.31. The number of nitrogens with zero attached hydrogens (tertiary/aromatic N) is 2. The van der Waals surface area contributed by atoms with Crippen LogP contribution in [0.5, 0.6) is 0 Å². The minimum Gasteiger partial charge on any atom is -0.480 e. The van der Waals surface area contributed by atoms with E-state index >= 15 is 0 Å². The number of amides is 1. The van der Waals surface area contributed by atoms with Crippen LogP contribution in [0.1, 0.15) is 18.4 Å². The summed E-state index contributed by atoms with van der Waals surface area (Å²) in [5, 5.41) is 30.0. The number of fused-ring (bicyclic) bond motifs is 2. The number of nitrogens with one attached hydrogen (secondary N) is 4. The van der Waals surface area contributed by atoms with Gasteiger partial charge in [-0.2, -0.15) is 0 Å². The minimum absolute atomic E-state index is 0.0901. The molecule has 7 rings (SSSR count). The second-order valence-corrected chi connectivity index (χ2v) is 11.9. The van der Waals surface area contributed by atoms with E-state index in [4.69, 9.17) is 5.11 Å². The second-order valence-electron chi connectivity index (χ2n) is 11.9. The smallest absolute Gasteiger partial charge is 0.322 e. The van der Waals surface area contributed by atoms with Gasteiger partial charge < -0.3 is 40.6 Å². The molecule has 1 saturated heterocycles. The van der Waals surface area contributed by atoms with Crippen LogP contribution in [-0.4, -0.2) is 57.4 Å². The van der Waals surface area contributed by atoms with E-state index < -0.39 is 12.5 Å². The van der Waals surface area contributed by atoms with E-state index in [-0.39, 0.29) is 18.4 Å². The molecule has 4 aromatic carbocycles. The molecule has 238 valence electrons. The molecule has 47 heavy (non-hydrogen) atoms. The van der Waals surface area contributed by atoms with Gasteiger partial charge >= 0.3 is 5.97 Å². The number of carbonyl (C=O) groups excluding carboxylic acids is 1. The van der Waals surface area contributed by atoms with Gasteiger partial charge in [-0.3, -0.25) is 9.59 Å². The summed E-state index contributed by atoms with van der Waals surface area (Å²) in [5.41, 5.74) is 8.89. The molecule has 0 unspecified atom stereocenters. The summed E-state index contributed by atoms with van der Waals surface area (Å²) in [6.45, 7) is 1.37. The highest BCUT2D eigenvalue weighted by atomic mass is 16.4. The fourth-order valence-electron chi connectivity index (χ4n) is 6.18. The van der Waals surface area contributed by atoms with Crippen molar-refractivity contribution in [3.05, 3.63) is 109 Å². The van der Waals surface area contributed by atoms with E-state index in [0.29, 0.717) is 0 Å². The van der Waals surface area contributed by atoms with E-state index in [9.17, 15) is 14.7 Å². The first-order valence-corrected chi connectivity index (χ1v) is 15.8. The summed E-state index contributed by atoms with van der Waals surface area (Å²) in [6, 6.07) is 31.1. The molecule has 10 nitrogen and oxygen atoms in total. The molecular formula is C37H36N6O4. The molecule has 0 radical (unpaired) electrons. The maximum Gasteiger partial charge on any atom is 0.322 e. The molecule has 0 spiro atoms. The molecule has 10 heteroatoms. The van der Waals surface area contributed by atoms with Gasteiger partial charge in [-0.05, 0) is 109 Å². The number of aliphatic carboxylic acids is 1. The van der Waals surface area contributed by atoms with E-state index in [0.717, 1.165) is 81.7 Å². The fraction of sp³-hybridized carbons (Fsp3) is 0.189. The molecule has 0 atom stereocenters. The highest BCUT2D eigenvalue weighted by molar-refractivity contribution is 5.92. The van der Waals surface area contributed by atoms with Crippen LogP contribution >= 0.6 is 0 Å². The summed E-state index contributed by atoms with van der Waals surface area (Å²) in [5.74, 6) is -1.41. The summed E-state index contributed by atoms with van der Waals surface area (Å²) < 4.78 is 2.17. The lowest BCUT2D eigenvalue weighted by Crippen LogP contribution is -2.35. The monoisotopic (exact) mass is 628 g/mol. The number of carboxylic acid groups (broad SMARTS) is 1. The SMILES string of the molecule is O=C(O)CNC(=O)Cc1c[nH]c2ccc(Nc3ccc(-n4ccc5cc(Nc6ccc(N7CCC(O)CC7)cc6)ccc54)cc3)cc12. The molecule has 0 bridgehead atoms. The number of carboxylic acids is 1. The standard InChI is InChI=1S/C37H36N6O4/c44-32-14-16-42(17-15-32)30-7-1-26(2-8-30)40-28-6-12-35-24(19-28)13-18-43(35)31-9-3-27(4-10-31)41-29-5-11-34-33(21-29)25(22-38-34)20-36(45)39-23-37(46)47/h1-13,18-19,21-22,32,38,40-41,44H,14-17,20,23H2,(H,39,45)(H,46,47). The number of H-pyrrole nitrogens is 1. The molecule has 1 aliphatic heterocycles. The number of rotatable bonds is 10. The minimum atomic E-state index is -1.07. The van der Waals surface area contributed by atoms with Gasteiger partial charge in [0.2, 0.25) is 5.91 Å². The van der Waals surface area contributed by atoms with Gasteiger partial charge in [-0.15, -0.1) is 0 Å². The van der Waals surface area contributed by atoms with Crippen LogP contribution in [0.25, 0.3) is 27.5 Å². The average molecular weight is 629 g/mol. The van der Waals surface area contributed by atoms with Crippen LogP contribution in [0.2, 0.25) is 0 Å². The van der Waals surface area contributed by atoms with Gasteiger partial charge in [0.15, 0.2) is 0 Å². The Morgan fingerprint density at radius 3 is 2.13 bits per heavy atom. The molecule has 0 saturated carbocycles. The zero-order valence-electron chi connectivity index (χ0n) is 25.7. The van der Waals surface area contributed by atoms with Crippen molar-refractivity contribution in [2.24, 2.45) is 0 Å². The maximum absolute atomic E-state index is 12.2. The summed E-state index contributed by atoms with van der Waals surface area (Å²) in [7, 11) is 0.